The quantitative estimate of drug-likeness (QED) is 0.849. The third-order valence-corrected chi connectivity index (χ3v) is 3.39. The molecule has 0 spiro atoms. The van der Waals surface area contributed by atoms with Crippen LogP contribution in [0, 0.1) is 12.8 Å². The van der Waals surface area contributed by atoms with Gasteiger partial charge in [-0.15, -0.1) is 0 Å². The van der Waals surface area contributed by atoms with E-state index in [1.165, 1.54) is 5.56 Å². The summed E-state index contributed by atoms with van der Waals surface area (Å²) in [6, 6.07) is 7.95. The molecular formula is C16H21N3O. The minimum atomic E-state index is 0.455. The Kier molecular flexibility index (Phi) is 4.23. The second-order valence-corrected chi connectivity index (χ2v) is 5.54. The Balaban J connectivity index is 2.40. The van der Waals surface area contributed by atoms with Crippen molar-refractivity contribution >= 4 is 12.1 Å². The van der Waals surface area contributed by atoms with Crippen molar-refractivity contribution in [2.45, 2.75) is 33.7 Å². The number of benzene rings is 1. The molecule has 0 bridgehead atoms. The molecule has 4 nitrogen and oxygen atoms in total. The van der Waals surface area contributed by atoms with Crippen molar-refractivity contribution in [3.8, 4) is 11.3 Å². The fourth-order valence-corrected chi connectivity index (χ4v) is 2.08. The van der Waals surface area contributed by atoms with E-state index in [0.717, 1.165) is 24.8 Å². The lowest BCUT2D eigenvalue weighted by molar-refractivity contribution is 0.112. The first kappa shape index (κ1) is 14.3. The molecule has 1 aromatic carbocycles. The summed E-state index contributed by atoms with van der Waals surface area (Å²) in [6.07, 6.45) is 1.78. The molecule has 0 aliphatic carbocycles. The fraction of sp³-hybridized carbons (Fsp3) is 0.375. The number of nitrogen functional groups attached to an aromatic ring is 1. The van der Waals surface area contributed by atoms with Crippen LogP contribution in [0.1, 0.15) is 36.2 Å². The van der Waals surface area contributed by atoms with E-state index < -0.39 is 0 Å². The summed E-state index contributed by atoms with van der Waals surface area (Å²) in [6.45, 7) is 7.07. The van der Waals surface area contributed by atoms with E-state index in [4.69, 9.17) is 5.73 Å². The molecule has 0 saturated carbocycles. The van der Waals surface area contributed by atoms with Gasteiger partial charge in [-0.2, -0.15) is 5.10 Å². The number of anilines is 1. The van der Waals surface area contributed by atoms with Crippen LogP contribution in [0.2, 0.25) is 0 Å². The SMILES string of the molecule is Cc1ccc(-c2nn(CCC(C)C)c(N)c2C=O)cc1. The molecular weight excluding hydrogens is 250 g/mol. The lowest BCUT2D eigenvalue weighted by Crippen LogP contribution is -2.07. The zero-order chi connectivity index (χ0) is 14.7. The molecule has 0 fully saturated rings. The van der Waals surface area contributed by atoms with Crippen molar-refractivity contribution in [2.24, 2.45) is 5.92 Å². The lowest BCUT2D eigenvalue weighted by atomic mass is 10.1. The van der Waals surface area contributed by atoms with E-state index in [-0.39, 0.29) is 0 Å². The van der Waals surface area contributed by atoms with Gasteiger partial charge in [-0.1, -0.05) is 43.7 Å². The maximum atomic E-state index is 11.3. The van der Waals surface area contributed by atoms with Crippen LogP contribution in [0.4, 0.5) is 5.82 Å². The first-order valence-electron chi connectivity index (χ1n) is 6.91. The first-order valence-corrected chi connectivity index (χ1v) is 6.91. The summed E-state index contributed by atoms with van der Waals surface area (Å²) in [4.78, 5) is 11.3. The van der Waals surface area contributed by atoms with E-state index in [2.05, 4.69) is 18.9 Å². The number of rotatable bonds is 5. The van der Waals surface area contributed by atoms with Crippen molar-refractivity contribution in [1.29, 1.82) is 0 Å². The smallest absolute Gasteiger partial charge is 0.156 e. The Bertz CT molecular complexity index is 597. The minimum absolute atomic E-state index is 0.455. The van der Waals surface area contributed by atoms with Crippen molar-refractivity contribution in [3.05, 3.63) is 35.4 Å². The van der Waals surface area contributed by atoms with Crippen LogP contribution in [0.3, 0.4) is 0 Å². The standard InChI is InChI=1S/C16H21N3O/c1-11(2)8-9-19-16(17)14(10-20)15(18-19)13-6-4-12(3)5-7-13/h4-7,10-11H,8-9,17H2,1-3H3. The molecule has 2 rings (SSSR count). The monoisotopic (exact) mass is 271 g/mol. The Labute approximate surface area is 119 Å². The van der Waals surface area contributed by atoms with Gasteiger partial charge in [-0.3, -0.25) is 4.79 Å². The second kappa shape index (κ2) is 5.90. The van der Waals surface area contributed by atoms with Crippen LogP contribution in [-0.4, -0.2) is 16.1 Å². The molecule has 4 heteroatoms. The van der Waals surface area contributed by atoms with Crippen molar-refractivity contribution < 1.29 is 4.79 Å². The molecule has 106 valence electrons. The Morgan fingerprint density at radius 1 is 1.30 bits per heavy atom. The molecule has 1 heterocycles. The zero-order valence-corrected chi connectivity index (χ0v) is 12.3. The summed E-state index contributed by atoms with van der Waals surface area (Å²) in [5.41, 5.74) is 9.29. The lowest BCUT2D eigenvalue weighted by Gasteiger charge is -2.06. The van der Waals surface area contributed by atoms with Crippen LogP contribution in [0.15, 0.2) is 24.3 Å². The van der Waals surface area contributed by atoms with Crippen molar-refractivity contribution in [3.63, 3.8) is 0 Å². The van der Waals surface area contributed by atoms with Gasteiger partial charge in [0.25, 0.3) is 0 Å². The Morgan fingerprint density at radius 2 is 1.95 bits per heavy atom. The summed E-state index contributed by atoms with van der Waals surface area (Å²) in [5.74, 6) is 1.03. The van der Waals surface area contributed by atoms with Gasteiger partial charge >= 0.3 is 0 Å². The van der Waals surface area contributed by atoms with Crippen LogP contribution in [0.5, 0.6) is 0 Å². The molecule has 0 radical (unpaired) electrons. The molecule has 0 aliphatic rings. The first-order chi connectivity index (χ1) is 9.52. The van der Waals surface area contributed by atoms with E-state index in [1.807, 2.05) is 31.2 Å². The van der Waals surface area contributed by atoms with Crippen LogP contribution < -0.4 is 5.73 Å². The number of aldehydes is 1. The number of nitrogens with two attached hydrogens (primary N) is 1. The number of aromatic nitrogens is 2. The highest BCUT2D eigenvalue weighted by molar-refractivity contribution is 5.91. The highest BCUT2D eigenvalue weighted by Gasteiger charge is 2.16. The third-order valence-electron chi connectivity index (χ3n) is 3.39. The molecule has 0 unspecified atom stereocenters. The number of nitrogens with zero attached hydrogens (tertiary/aromatic N) is 2. The molecule has 2 N–H and O–H groups in total. The van der Waals surface area contributed by atoms with Crippen LogP contribution >= 0.6 is 0 Å². The van der Waals surface area contributed by atoms with E-state index in [1.54, 1.807) is 4.68 Å². The topological polar surface area (TPSA) is 60.9 Å². The zero-order valence-electron chi connectivity index (χ0n) is 12.3. The van der Waals surface area contributed by atoms with E-state index >= 15 is 0 Å². The number of hydrogen-bond acceptors (Lipinski definition) is 3. The van der Waals surface area contributed by atoms with Gasteiger partial charge in [-0.25, -0.2) is 4.68 Å². The molecule has 0 atom stereocenters. The van der Waals surface area contributed by atoms with Gasteiger partial charge < -0.3 is 5.73 Å². The Morgan fingerprint density at radius 3 is 2.50 bits per heavy atom. The average Bonchev–Trinajstić information content (AvgIpc) is 2.73. The molecule has 1 aromatic heterocycles. The number of carbonyl (C=O) groups excluding carboxylic acids is 1. The fourth-order valence-electron chi connectivity index (χ4n) is 2.08. The predicted octanol–water partition coefficient (Wildman–Crippen LogP) is 3.30. The van der Waals surface area contributed by atoms with Crippen LogP contribution in [-0.2, 0) is 6.54 Å². The summed E-state index contributed by atoms with van der Waals surface area (Å²) < 4.78 is 1.74. The second-order valence-electron chi connectivity index (χ2n) is 5.54. The van der Waals surface area contributed by atoms with Gasteiger partial charge in [0.2, 0.25) is 0 Å². The van der Waals surface area contributed by atoms with Gasteiger partial charge in [0.1, 0.15) is 11.5 Å². The highest BCUT2D eigenvalue weighted by atomic mass is 16.1. The van der Waals surface area contributed by atoms with Crippen molar-refractivity contribution in [1.82, 2.24) is 9.78 Å². The molecule has 0 saturated heterocycles. The van der Waals surface area contributed by atoms with E-state index in [0.29, 0.717) is 23.0 Å². The van der Waals surface area contributed by atoms with Crippen molar-refractivity contribution in [2.75, 3.05) is 5.73 Å². The van der Waals surface area contributed by atoms with Gasteiger partial charge in [0, 0.05) is 12.1 Å². The number of carbonyl (C=O) groups is 1. The third kappa shape index (κ3) is 2.90. The maximum absolute atomic E-state index is 11.3. The summed E-state index contributed by atoms with van der Waals surface area (Å²) >= 11 is 0. The summed E-state index contributed by atoms with van der Waals surface area (Å²) in [7, 11) is 0. The number of hydrogen-bond donors (Lipinski definition) is 1. The summed E-state index contributed by atoms with van der Waals surface area (Å²) in [5, 5.41) is 4.51. The largest absolute Gasteiger partial charge is 0.383 e. The van der Waals surface area contributed by atoms with Gasteiger partial charge in [0.05, 0.1) is 5.56 Å². The number of aryl methyl sites for hydroxylation is 2. The van der Waals surface area contributed by atoms with Gasteiger partial charge in [-0.05, 0) is 19.3 Å². The molecule has 2 aromatic rings. The highest BCUT2D eigenvalue weighted by Crippen LogP contribution is 2.26. The molecule has 0 aliphatic heterocycles. The van der Waals surface area contributed by atoms with Crippen LogP contribution in [0.25, 0.3) is 11.3 Å². The van der Waals surface area contributed by atoms with Gasteiger partial charge in [0.15, 0.2) is 6.29 Å². The normalized spacial score (nSPS) is 11.0. The van der Waals surface area contributed by atoms with E-state index in [9.17, 15) is 4.79 Å². The predicted molar refractivity (Wildman–Crippen MR) is 81.7 cm³/mol. The minimum Gasteiger partial charge on any atom is -0.383 e. The Hall–Kier alpha value is -2.10. The average molecular weight is 271 g/mol. The molecule has 0 amide bonds. The molecule has 20 heavy (non-hydrogen) atoms. The maximum Gasteiger partial charge on any atom is 0.156 e.